The molecule has 0 saturated carbocycles. The highest BCUT2D eigenvalue weighted by Gasteiger charge is 2.47. The van der Waals surface area contributed by atoms with Gasteiger partial charge in [0.25, 0.3) is 0 Å². The second-order valence-electron chi connectivity index (χ2n) is 7.18. The Morgan fingerprint density at radius 3 is 1.69 bits per heavy atom. The Morgan fingerprint density at radius 1 is 0.731 bits per heavy atom. The van der Waals surface area contributed by atoms with Gasteiger partial charge in [-0.05, 0) is 36.6 Å². The molecule has 3 aromatic carbocycles. The van der Waals surface area contributed by atoms with Gasteiger partial charge in [-0.2, -0.15) is 0 Å². The zero-order valence-electron chi connectivity index (χ0n) is 15.1. The van der Waals surface area contributed by atoms with E-state index in [0.717, 1.165) is 24.0 Å². The first-order valence-corrected chi connectivity index (χ1v) is 9.31. The Bertz CT molecular complexity index is 792. The van der Waals surface area contributed by atoms with E-state index in [1.165, 1.54) is 5.56 Å². The third-order valence-electron chi connectivity index (χ3n) is 5.79. The van der Waals surface area contributed by atoms with Crippen molar-refractivity contribution in [1.82, 2.24) is 4.90 Å². The van der Waals surface area contributed by atoms with Crippen LogP contribution in [-0.2, 0) is 5.60 Å². The normalized spacial score (nSPS) is 21.0. The number of nitrogens with zero attached hydrogens (tertiary/aromatic N) is 1. The molecular weight excluding hydrogens is 318 g/mol. The molecule has 0 aromatic heterocycles. The van der Waals surface area contributed by atoms with E-state index >= 15 is 0 Å². The molecule has 4 rings (SSSR count). The van der Waals surface area contributed by atoms with E-state index in [-0.39, 0.29) is 6.04 Å². The van der Waals surface area contributed by atoms with Gasteiger partial charge in [0, 0.05) is 12.1 Å². The van der Waals surface area contributed by atoms with Crippen molar-refractivity contribution in [2.45, 2.75) is 30.5 Å². The number of hydrogen-bond acceptors (Lipinski definition) is 2. The van der Waals surface area contributed by atoms with E-state index in [2.05, 4.69) is 42.3 Å². The van der Waals surface area contributed by atoms with E-state index in [0.29, 0.717) is 6.04 Å². The lowest BCUT2D eigenvalue weighted by Gasteiger charge is -2.40. The van der Waals surface area contributed by atoms with E-state index in [1.54, 1.807) is 0 Å². The first kappa shape index (κ1) is 17.0. The van der Waals surface area contributed by atoms with Gasteiger partial charge >= 0.3 is 0 Å². The molecule has 132 valence electrons. The summed E-state index contributed by atoms with van der Waals surface area (Å²) in [6.07, 6.45) is 2.00. The Kier molecular flexibility index (Phi) is 4.62. The van der Waals surface area contributed by atoms with Crippen molar-refractivity contribution >= 4 is 0 Å². The van der Waals surface area contributed by atoms with Gasteiger partial charge in [0.1, 0.15) is 5.60 Å². The van der Waals surface area contributed by atoms with Crippen LogP contribution in [0.4, 0.5) is 0 Å². The number of aliphatic hydroxyl groups is 1. The zero-order chi connectivity index (χ0) is 18.0. The van der Waals surface area contributed by atoms with Crippen LogP contribution < -0.4 is 0 Å². The molecule has 1 saturated heterocycles. The number of likely N-dealkylation sites (tertiary alicyclic amines) is 1. The van der Waals surface area contributed by atoms with E-state index in [9.17, 15) is 5.11 Å². The molecular formula is C24H25NO. The molecule has 0 aliphatic carbocycles. The van der Waals surface area contributed by atoms with Crippen LogP contribution >= 0.6 is 0 Å². The average Bonchev–Trinajstić information content (AvgIpc) is 3.11. The van der Waals surface area contributed by atoms with Gasteiger partial charge in [0.2, 0.25) is 0 Å². The van der Waals surface area contributed by atoms with Crippen LogP contribution in [0.25, 0.3) is 0 Å². The Balaban J connectivity index is 1.76. The maximum Gasteiger partial charge on any atom is 0.130 e. The van der Waals surface area contributed by atoms with Crippen LogP contribution in [0.5, 0.6) is 0 Å². The molecule has 0 unspecified atom stereocenters. The largest absolute Gasteiger partial charge is 0.379 e. The fourth-order valence-electron chi connectivity index (χ4n) is 4.46. The molecule has 0 spiro atoms. The molecule has 26 heavy (non-hydrogen) atoms. The molecule has 3 aromatic rings. The number of rotatable bonds is 4. The smallest absolute Gasteiger partial charge is 0.130 e. The fourth-order valence-corrected chi connectivity index (χ4v) is 4.46. The highest BCUT2D eigenvalue weighted by atomic mass is 16.3. The zero-order valence-corrected chi connectivity index (χ0v) is 15.1. The lowest BCUT2D eigenvalue weighted by Crippen LogP contribution is -2.47. The van der Waals surface area contributed by atoms with Crippen LogP contribution in [0.2, 0.25) is 0 Å². The summed E-state index contributed by atoms with van der Waals surface area (Å²) in [5.41, 5.74) is 2.20. The summed E-state index contributed by atoms with van der Waals surface area (Å²) in [6, 6.07) is 31.2. The molecule has 0 radical (unpaired) electrons. The molecule has 1 N–H and O–H groups in total. The summed E-state index contributed by atoms with van der Waals surface area (Å²) >= 11 is 0. The van der Waals surface area contributed by atoms with Gasteiger partial charge in [-0.15, -0.1) is 0 Å². The molecule has 1 fully saturated rings. The van der Waals surface area contributed by atoms with Crippen LogP contribution in [-0.4, -0.2) is 23.1 Å². The second-order valence-corrected chi connectivity index (χ2v) is 7.18. The highest BCUT2D eigenvalue weighted by Crippen LogP contribution is 2.45. The van der Waals surface area contributed by atoms with Gasteiger partial charge < -0.3 is 5.11 Å². The highest BCUT2D eigenvalue weighted by molar-refractivity contribution is 5.39. The summed E-state index contributed by atoms with van der Waals surface area (Å²) in [6.45, 7) is 0. The van der Waals surface area contributed by atoms with Crippen LogP contribution in [0.1, 0.15) is 35.6 Å². The predicted octanol–water partition coefficient (Wildman–Crippen LogP) is 4.76. The maximum atomic E-state index is 12.0. The van der Waals surface area contributed by atoms with Gasteiger partial charge in [-0.25, -0.2) is 0 Å². The van der Waals surface area contributed by atoms with E-state index < -0.39 is 5.60 Å². The van der Waals surface area contributed by atoms with Crippen molar-refractivity contribution < 1.29 is 5.11 Å². The number of likely N-dealkylation sites (N-methyl/N-ethyl adjacent to an activating group) is 1. The molecule has 0 amide bonds. The minimum absolute atomic E-state index is 0.0255. The minimum Gasteiger partial charge on any atom is -0.379 e. The number of benzene rings is 3. The molecule has 1 aliphatic heterocycles. The number of hydrogen-bond donors (Lipinski definition) is 1. The summed E-state index contributed by atoms with van der Waals surface area (Å²) in [5.74, 6) is 0. The topological polar surface area (TPSA) is 23.5 Å². The monoisotopic (exact) mass is 343 g/mol. The standard InChI is InChI=1S/C24H25NO/c1-25-22(19-11-5-2-6-12-19)17-18-23(25)24(26,20-13-7-3-8-14-20)21-15-9-4-10-16-21/h2-16,22-23,26H,17-18H2,1H3/t22-,23+/m1/s1. The van der Waals surface area contributed by atoms with Crippen molar-refractivity contribution in [3.05, 3.63) is 108 Å². The lowest BCUT2D eigenvalue weighted by molar-refractivity contribution is -0.00404. The van der Waals surface area contributed by atoms with Gasteiger partial charge in [0.15, 0.2) is 0 Å². The van der Waals surface area contributed by atoms with Crippen LogP contribution in [0.3, 0.4) is 0 Å². The van der Waals surface area contributed by atoms with E-state index in [4.69, 9.17) is 0 Å². The third-order valence-corrected chi connectivity index (χ3v) is 5.79. The molecule has 1 aliphatic rings. The fraction of sp³-hybridized carbons (Fsp3) is 0.250. The van der Waals surface area contributed by atoms with Gasteiger partial charge in [-0.1, -0.05) is 91.0 Å². The lowest BCUT2D eigenvalue weighted by atomic mass is 9.79. The van der Waals surface area contributed by atoms with Crippen LogP contribution in [0, 0.1) is 0 Å². The van der Waals surface area contributed by atoms with Crippen molar-refractivity contribution in [3.63, 3.8) is 0 Å². The van der Waals surface area contributed by atoms with Gasteiger partial charge in [0.05, 0.1) is 0 Å². The minimum atomic E-state index is -1.03. The second kappa shape index (κ2) is 7.06. The van der Waals surface area contributed by atoms with Crippen molar-refractivity contribution in [2.75, 3.05) is 7.05 Å². The SMILES string of the molecule is CN1[C@@H](c2ccccc2)CC[C@H]1C(O)(c1ccccc1)c1ccccc1. The first-order valence-electron chi connectivity index (χ1n) is 9.31. The Hall–Kier alpha value is -2.42. The van der Waals surface area contributed by atoms with Crippen molar-refractivity contribution in [3.8, 4) is 0 Å². The van der Waals surface area contributed by atoms with Crippen LogP contribution in [0.15, 0.2) is 91.0 Å². The summed E-state index contributed by atoms with van der Waals surface area (Å²) in [5, 5.41) is 12.0. The molecule has 2 nitrogen and oxygen atoms in total. The molecule has 0 bridgehead atoms. The molecule has 2 atom stereocenters. The quantitative estimate of drug-likeness (QED) is 0.738. The van der Waals surface area contributed by atoms with Crippen molar-refractivity contribution in [1.29, 1.82) is 0 Å². The van der Waals surface area contributed by atoms with E-state index in [1.807, 2.05) is 60.7 Å². The third kappa shape index (κ3) is 2.86. The Labute approximate surface area is 155 Å². The predicted molar refractivity (Wildman–Crippen MR) is 106 cm³/mol. The maximum absolute atomic E-state index is 12.0. The summed E-state index contributed by atoms with van der Waals surface area (Å²) < 4.78 is 0. The summed E-state index contributed by atoms with van der Waals surface area (Å²) in [4.78, 5) is 2.36. The van der Waals surface area contributed by atoms with Crippen molar-refractivity contribution in [2.24, 2.45) is 0 Å². The Morgan fingerprint density at radius 2 is 1.19 bits per heavy atom. The average molecular weight is 343 g/mol. The molecule has 2 heteroatoms. The first-order chi connectivity index (χ1) is 12.7. The summed E-state index contributed by atoms with van der Waals surface area (Å²) in [7, 11) is 2.15. The molecule has 1 heterocycles. The van der Waals surface area contributed by atoms with Gasteiger partial charge in [-0.3, -0.25) is 4.90 Å².